The van der Waals surface area contributed by atoms with Crippen LogP contribution in [0.1, 0.15) is 46.7 Å². The molecule has 2 unspecified atom stereocenters. The summed E-state index contributed by atoms with van der Waals surface area (Å²) < 4.78 is 18.6. The zero-order valence-electron chi connectivity index (χ0n) is 17.3. The van der Waals surface area contributed by atoms with Crippen LogP contribution >= 0.6 is 0 Å². The molecule has 0 aliphatic heterocycles. The second-order valence-corrected chi connectivity index (χ2v) is 8.59. The van der Waals surface area contributed by atoms with Crippen LogP contribution in [0.4, 0.5) is 4.39 Å². The summed E-state index contributed by atoms with van der Waals surface area (Å²) in [4.78, 5) is 17.1. The van der Waals surface area contributed by atoms with E-state index in [4.69, 9.17) is 4.74 Å². The van der Waals surface area contributed by atoms with Crippen LogP contribution in [0.15, 0.2) is 66.9 Å². The number of rotatable bonds is 9. The molecule has 5 rings (SSSR count). The van der Waals surface area contributed by atoms with Gasteiger partial charge in [-0.2, -0.15) is 0 Å². The van der Waals surface area contributed by atoms with Gasteiger partial charge in [0.2, 0.25) is 5.88 Å². The fourth-order valence-corrected chi connectivity index (χ4v) is 3.86. The van der Waals surface area contributed by atoms with Crippen LogP contribution in [-0.2, 0) is 6.42 Å². The van der Waals surface area contributed by atoms with Crippen LogP contribution in [-0.4, -0.2) is 23.4 Å². The number of nitrogens with one attached hydrogen (secondary N) is 1. The van der Waals surface area contributed by atoms with E-state index in [1.165, 1.54) is 30.5 Å². The smallest absolute Gasteiger partial charge is 0.219 e. The van der Waals surface area contributed by atoms with Gasteiger partial charge in [0, 0.05) is 36.2 Å². The van der Waals surface area contributed by atoms with Gasteiger partial charge in [-0.25, -0.2) is 9.37 Å². The molecule has 2 aliphatic carbocycles. The number of aromatic nitrogens is 1. The maximum Gasteiger partial charge on any atom is 0.219 e. The van der Waals surface area contributed by atoms with Crippen molar-refractivity contribution in [3.63, 3.8) is 0 Å². The van der Waals surface area contributed by atoms with Gasteiger partial charge in [-0.15, -0.1) is 0 Å². The maximum absolute atomic E-state index is 13.0. The summed E-state index contributed by atoms with van der Waals surface area (Å²) in [6, 6.07) is 17.9. The highest BCUT2D eigenvalue weighted by atomic mass is 19.1. The lowest BCUT2D eigenvalue weighted by Gasteiger charge is -2.07. The summed E-state index contributed by atoms with van der Waals surface area (Å²) in [6.45, 7) is 1.13. The highest BCUT2D eigenvalue weighted by Gasteiger charge is 2.39. The molecule has 3 aromatic rings. The van der Waals surface area contributed by atoms with E-state index in [1.54, 1.807) is 24.4 Å². The second-order valence-electron chi connectivity index (χ2n) is 8.59. The molecule has 2 saturated carbocycles. The predicted molar refractivity (Wildman–Crippen MR) is 117 cm³/mol. The van der Waals surface area contributed by atoms with Crippen LogP contribution < -0.4 is 10.1 Å². The fraction of sp³-hybridized carbons (Fsp3) is 0.308. The summed E-state index contributed by atoms with van der Waals surface area (Å²) in [6.07, 6.45) is 5.83. The molecular formula is C26H25FN2O2. The molecule has 0 radical (unpaired) electrons. The first kappa shape index (κ1) is 19.9. The molecule has 1 heterocycles. The lowest BCUT2D eigenvalue weighted by molar-refractivity contribution is 0.0992. The largest absolute Gasteiger partial charge is 0.439 e. The molecule has 1 N–H and O–H groups in total. The molecule has 0 amide bonds. The first-order chi connectivity index (χ1) is 15.1. The Bertz CT molecular complexity index is 1060. The summed E-state index contributed by atoms with van der Waals surface area (Å²) in [5.74, 6) is 2.10. The molecule has 1 aromatic heterocycles. The van der Waals surface area contributed by atoms with Gasteiger partial charge in [0.15, 0.2) is 5.78 Å². The maximum atomic E-state index is 13.0. The lowest BCUT2D eigenvalue weighted by atomic mass is 10.0. The molecule has 2 atom stereocenters. The van der Waals surface area contributed by atoms with Crippen molar-refractivity contribution in [2.24, 2.45) is 5.92 Å². The molecule has 0 spiro atoms. The van der Waals surface area contributed by atoms with E-state index < -0.39 is 0 Å². The van der Waals surface area contributed by atoms with Crippen molar-refractivity contribution >= 4 is 5.78 Å². The van der Waals surface area contributed by atoms with Crippen molar-refractivity contribution in [2.75, 3.05) is 6.54 Å². The molecule has 2 aliphatic rings. The van der Waals surface area contributed by atoms with E-state index in [0.29, 0.717) is 30.0 Å². The fourth-order valence-electron chi connectivity index (χ4n) is 3.86. The minimum Gasteiger partial charge on any atom is -0.439 e. The molecular weight excluding hydrogens is 391 g/mol. The molecule has 2 fully saturated rings. The molecule has 5 heteroatoms. The number of hydrogen-bond acceptors (Lipinski definition) is 4. The Morgan fingerprint density at radius 1 is 1.10 bits per heavy atom. The first-order valence-corrected chi connectivity index (χ1v) is 10.9. The number of ketones is 1. The number of carbonyl (C=O) groups excluding carboxylic acids is 1. The predicted octanol–water partition coefficient (Wildman–Crippen LogP) is 5.29. The van der Waals surface area contributed by atoms with Gasteiger partial charge >= 0.3 is 0 Å². The number of halogens is 1. The molecule has 0 saturated heterocycles. The van der Waals surface area contributed by atoms with Crippen LogP contribution in [0.25, 0.3) is 0 Å². The molecule has 4 nitrogen and oxygen atoms in total. The number of ether oxygens (including phenoxy) is 1. The Hall–Kier alpha value is -3.05. The van der Waals surface area contributed by atoms with Gasteiger partial charge < -0.3 is 10.1 Å². The highest BCUT2D eigenvalue weighted by Crippen LogP contribution is 2.42. The van der Waals surface area contributed by atoms with Gasteiger partial charge in [-0.05, 0) is 73.2 Å². The Morgan fingerprint density at radius 3 is 2.68 bits per heavy atom. The highest BCUT2D eigenvalue weighted by molar-refractivity contribution is 5.97. The number of Topliss-reactive ketones (excluding diaryl/α,β-unsaturated/α-hetero) is 1. The SMILES string of the molecule is O=C(Cc1ccc(Oc2ccc(F)cc2)nc1)c1cccc(C2CC2NCC2CC2)c1. The topological polar surface area (TPSA) is 51.2 Å². The summed E-state index contributed by atoms with van der Waals surface area (Å²) in [5.41, 5.74) is 2.83. The van der Waals surface area contributed by atoms with E-state index in [-0.39, 0.29) is 11.6 Å². The van der Waals surface area contributed by atoms with Gasteiger partial charge in [-0.3, -0.25) is 4.79 Å². The van der Waals surface area contributed by atoms with Gasteiger partial charge in [0.1, 0.15) is 11.6 Å². The minimum absolute atomic E-state index is 0.0824. The van der Waals surface area contributed by atoms with Crippen molar-refractivity contribution in [2.45, 2.75) is 37.6 Å². The normalized spacial score (nSPS) is 19.8. The van der Waals surface area contributed by atoms with Crippen molar-refractivity contribution in [3.05, 3.63) is 89.4 Å². The van der Waals surface area contributed by atoms with Gasteiger partial charge in [0.05, 0.1) is 0 Å². The third-order valence-corrected chi connectivity index (χ3v) is 5.99. The zero-order chi connectivity index (χ0) is 21.2. The van der Waals surface area contributed by atoms with Crippen LogP contribution in [0.2, 0.25) is 0 Å². The zero-order valence-corrected chi connectivity index (χ0v) is 17.3. The van der Waals surface area contributed by atoms with Crippen LogP contribution in [0, 0.1) is 11.7 Å². The average Bonchev–Trinajstić information content (AvgIpc) is 3.70. The van der Waals surface area contributed by atoms with E-state index >= 15 is 0 Å². The summed E-state index contributed by atoms with van der Waals surface area (Å²) in [7, 11) is 0. The van der Waals surface area contributed by atoms with Crippen molar-refractivity contribution < 1.29 is 13.9 Å². The summed E-state index contributed by atoms with van der Waals surface area (Å²) in [5, 5.41) is 3.66. The van der Waals surface area contributed by atoms with Crippen molar-refractivity contribution in [1.29, 1.82) is 0 Å². The van der Waals surface area contributed by atoms with E-state index in [1.807, 2.05) is 24.3 Å². The second kappa shape index (κ2) is 8.60. The van der Waals surface area contributed by atoms with Crippen molar-refractivity contribution in [3.8, 4) is 11.6 Å². The third-order valence-electron chi connectivity index (χ3n) is 5.99. The van der Waals surface area contributed by atoms with E-state index in [2.05, 4.69) is 16.4 Å². The van der Waals surface area contributed by atoms with Crippen LogP contribution in [0.3, 0.4) is 0 Å². The Labute approximate surface area is 181 Å². The third kappa shape index (κ3) is 5.17. The van der Waals surface area contributed by atoms with E-state index in [0.717, 1.165) is 30.0 Å². The van der Waals surface area contributed by atoms with Crippen molar-refractivity contribution in [1.82, 2.24) is 10.3 Å². The molecule has 2 aromatic carbocycles. The van der Waals surface area contributed by atoms with E-state index in [9.17, 15) is 9.18 Å². The van der Waals surface area contributed by atoms with Crippen LogP contribution in [0.5, 0.6) is 11.6 Å². The molecule has 158 valence electrons. The molecule has 0 bridgehead atoms. The van der Waals surface area contributed by atoms with Gasteiger partial charge in [0.25, 0.3) is 0 Å². The number of hydrogen-bond donors (Lipinski definition) is 1. The Balaban J connectivity index is 1.17. The first-order valence-electron chi connectivity index (χ1n) is 10.9. The van der Waals surface area contributed by atoms with Gasteiger partial charge in [-0.1, -0.05) is 24.3 Å². The minimum atomic E-state index is -0.315. The average molecular weight is 416 g/mol. The molecule has 31 heavy (non-hydrogen) atoms. The number of nitrogens with zero attached hydrogens (tertiary/aromatic N) is 1. The Morgan fingerprint density at radius 2 is 1.94 bits per heavy atom. The Kier molecular flexibility index (Phi) is 5.51. The number of carbonyl (C=O) groups is 1. The monoisotopic (exact) mass is 416 g/mol. The number of benzene rings is 2. The lowest BCUT2D eigenvalue weighted by Crippen LogP contribution is -2.20. The number of pyridine rings is 1. The quantitative estimate of drug-likeness (QED) is 0.481. The standard InChI is InChI=1S/C26H25FN2O2/c27-21-7-9-22(10-8-21)31-26-11-6-18(16-29-26)12-25(30)20-3-1-2-19(13-20)23-14-24(23)28-15-17-4-5-17/h1-3,6-11,13,16-17,23-24,28H,4-5,12,14-15H2. The summed E-state index contributed by atoms with van der Waals surface area (Å²) >= 11 is 0.